The van der Waals surface area contributed by atoms with Crippen LogP contribution < -0.4 is 5.32 Å². The second kappa shape index (κ2) is 51.4. The van der Waals surface area contributed by atoms with Crippen LogP contribution in [0.25, 0.3) is 0 Å². The summed E-state index contributed by atoms with van der Waals surface area (Å²) in [6, 6.07) is -0.823. The van der Waals surface area contributed by atoms with Gasteiger partial charge in [-0.15, -0.1) is 0 Å². The molecule has 2 heterocycles. The Morgan fingerprint density at radius 1 is 0.405 bits per heavy atom. The van der Waals surface area contributed by atoms with Crippen LogP contribution in [0.15, 0.2) is 0 Å². The topological polar surface area (TPSA) is 228 Å². The highest BCUT2D eigenvalue weighted by Crippen LogP contribution is 2.30. The molecule has 0 saturated carbocycles. The number of ether oxygens (including phenoxy) is 4. The molecule has 0 spiro atoms. The lowest BCUT2D eigenvalue weighted by atomic mass is 9.97. The number of rotatable bonds is 56. The lowest BCUT2D eigenvalue weighted by Gasteiger charge is -2.46. The highest BCUT2D eigenvalue weighted by atomic mass is 16.7. The summed E-state index contributed by atoms with van der Waals surface area (Å²) in [7, 11) is 0. The molecule has 2 saturated heterocycles. The molecule has 79 heavy (non-hydrogen) atoms. The summed E-state index contributed by atoms with van der Waals surface area (Å²) in [6.45, 7) is 2.92. The Bertz CT molecular complexity index is 1330. The van der Waals surface area contributed by atoms with Crippen LogP contribution in [0.4, 0.5) is 0 Å². The van der Waals surface area contributed by atoms with Crippen LogP contribution in [0.1, 0.15) is 316 Å². The maximum atomic E-state index is 13.3. The van der Waals surface area contributed by atoms with Gasteiger partial charge in [-0.05, 0) is 12.8 Å². The van der Waals surface area contributed by atoms with Gasteiger partial charge in [-0.2, -0.15) is 0 Å². The third-order valence-electron chi connectivity index (χ3n) is 17.1. The van der Waals surface area contributed by atoms with Crippen LogP contribution in [-0.2, 0) is 23.7 Å². The van der Waals surface area contributed by atoms with Gasteiger partial charge in [-0.25, -0.2) is 0 Å². The van der Waals surface area contributed by atoms with Crippen molar-refractivity contribution < 1.29 is 64.6 Å². The van der Waals surface area contributed by atoms with Gasteiger partial charge >= 0.3 is 0 Å². The van der Waals surface area contributed by atoms with Gasteiger partial charge < -0.3 is 65.1 Å². The van der Waals surface area contributed by atoms with Crippen LogP contribution in [0.2, 0.25) is 0 Å². The Labute approximate surface area is 483 Å². The quantitative estimate of drug-likeness (QED) is 0.0259. The highest BCUT2D eigenvalue weighted by Gasteiger charge is 2.51. The average molecular weight is 1130 g/mol. The molecule has 12 atom stereocenters. The van der Waals surface area contributed by atoms with Gasteiger partial charge in [0.25, 0.3) is 0 Å². The smallest absolute Gasteiger partial charge is 0.220 e. The predicted octanol–water partition coefficient (Wildman–Crippen LogP) is 12.8. The molecule has 0 aromatic rings. The zero-order chi connectivity index (χ0) is 57.4. The molecule has 0 aliphatic carbocycles. The molecule has 0 radical (unpaired) electrons. The van der Waals surface area contributed by atoms with E-state index in [2.05, 4.69) is 19.2 Å². The Kier molecular flexibility index (Phi) is 48.2. The molecule has 470 valence electrons. The third kappa shape index (κ3) is 36.4. The van der Waals surface area contributed by atoms with Gasteiger partial charge in [0.1, 0.15) is 48.8 Å². The van der Waals surface area contributed by atoms with E-state index in [4.69, 9.17) is 18.9 Å². The van der Waals surface area contributed by atoms with E-state index in [0.29, 0.717) is 12.8 Å². The van der Waals surface area contributed by atoms with E-state index in [0.717, 1.165) is 51.4 Å². The van der Waals surface area contributed by atoms with Crippen LogP contribution in [0, 0.1) is 0 Å². The first kappa shape index (κ1) is 74.1. The van der Waals surface area contributed by atoms with Crippen molar-refractivity contribution in [2.45, 2.75) is 389 Å². The second-order valence-electron chi connectivity index (χ2n) is 24.3. The molecule has 2 fully saturated rings. The molecular weight excluding hydrogens is 1000 g/mol. The Morgan fingerprint density at radius 3 is 1.08 bits per heavy atom. The van der Waals surface area contributed by atoms with Crippen molar-refractivity contribution in [2.24, 2.45) is 0 Å². The molecule has 0 aromatic heterocycles. The van der Waals surface area contributed by atoms with E-state index < -0.39 is 86.8 Å². The number of unbranched alkanes of at least 4 members (excludes halogenated alkanes) is 43. The third-order valence-corrected chi connectivity index (χ3v) is 17.1. The molecule has 9 N–H and O–H groups in total. The maximum absolute atomic E-state index is 13.3. The van der Waals surface area contributed by atoms with Gasteiger partial charge in [0, 0.05) is 6.42 Å². The van der Waals surface area contributed by atoms with Gasteiger partial charge in [-0.1, -0.05) is 296 Å². The fraction of sp³-hybridized carbons (Fsp3) is 0.985. The molecule has 2 rings (SSSR count). The van der Waals surface area contributed by atoms with E-state index >= 15 is 0 Å². The number of carbonyl (C=O) groups is 1. The summed E-state index contributed by atoms with van der Waals surface area (Å²) < 4.78 is 22.9. The number of aliphatic hydroxyl groups excluding tert-OH is 8. The van der Waals surface area contributed by atoms with Crippen LogP contribution in [0.5, 0.6) is 0 Å². The molecule has 12 unspecified atom stereocenters. The fourth-order valence-corrected chi connectivity index (χ4v) is 11.7. The largest absolute Gasteiger partial charge is 0.394 e. The fourth-order valence-electron chi connectivity index (χ4n) is 11.7. The molecule has 2 aliphatic rings. The summed E-state index contributed by atoms with van der Waals surface area (Å²) in [6.07, 6.45) is 42.6. The Morgan fingerprint density at radius 2 is 0.722 bits per heavy atom. The molecular formula is C65H127NO13. The van der Waals surface area contributed by atoms with Crippen molar-refractivity contribution in [1.82, 2.24) is 5.32 Å². The number of carbonyl (C=O) groups excluding carboxylic acids is 1. The highest BCUT2D eigenvalue weighted by molar-refractivity contribution is 5.76. The van der Waals surface area contributed by atoms with Crippen molar-refractivity contribution >= 4 is 5.91 Å². The Balaban J connectivity index is 1.67. The summed E-state index contributed by atoms with van der Waals surface area (Å²) in [5.41, 5.74) is 0. The van der Waals surface area contributed by atoms with E-state index in [9.17, 15) is 45.6 Å². The van der Waals surface area contributed by atoms with E-state index in [1.54, 1.807) is 0 Å². The normalized spacial score (nSPS) is 24.3. The van der Waals surface area contributed by atoms with E-state index in [1.165, 1.54) is 238 Å². The summed E-state index contributed by atoms with van der Waals surface area (Å²) >= 11 is 0. The van der Waals surface area contributed by atoms with Crippen LogP contribution in [-0.4, -0.2) is 140 Å². The van der Waals surface area contributed by atoms with E-state index in [1.807, 2.05) is 0 Å². The van der Waals surface area contributed by atoms with Crippen LogP contribution >= 0.6 is 0 Å². The van der Waals surface area contributed by atoms with Gasteiger partial charge in [0.15, 0.2) is 12.6 Å². The summed E-state index contributed by atoms with van der Waals surface area (Å²) in [4.78, 5) is 13.3. The van der Waals surface area contributed by atoms with Gasteiger partial charge in [-0.3, -0.25) is 4.79 Å². The lowest BCUT2D eigenvalue weighted by molar-refractivity contribution is -0.359. The van der Waals surface area contributed by atoms with E-state index in [-0.39, 0.29) is 12.5 Å². The zero-order valence-electron chi connectivity index (χ0n) is 50.9. The van der Waals surface area contributed by atoms with Crippen molar-refractivity contribution in [3.8, 4) is 0 Å². The monoisotopic (exact) mass is 1130 g/mol. The first-order valence-electron chi connectivity index (χ1n) is 33.8. The maximum Gasteiger partial charge on any atom is 0.220 e. The molecule has 14 nitrogen and oxygen atoms in total. The summed E-state index contributed by atoms with van der Waals surface area (Å²) in [5.74, 6) is -0.198. The first-order valence-corrected chi connectivity index (χ1v) is 33.8. The van der Waals surface area contributed by atoms with Crippen LogP contribution in [0.3, 0.4) is 0 Å². The number of nitrogens with one attached hydrogen (secondary N) is 1. The van der Waals surface area contributed by atoms with Crippen molar-refractivity contribution in [2.75, 3.05) is 19.8 Å². The Hall–Kier alpha value is -1.01. The summed E-state index contributed by atoms with van der Waals surface area (Å²) in [5, 5.41) is 87.5. The molecule has 0 aromatic carbocycles. The average Bonchev–Trinajstić information content (AvgIpc) is 3.47. The number of hydrogen-bond donors (Lipinski definition) is 9. The van der Waals surface area contributed by atoms with Crippen molar-refractivity contribution in [3.63, 3.8) is 0 Å². The number of hydrogen-bond acceptors (Lipinski definition) is 13. The van der Waals surface area contributed by atoms with Crippen molar-refractivity contribution in [3.05, 3.63) is 0 Å². The second-order valence-corrected chi connectivity index (χ2v) is 24.3. The SMILES string of the molecule is CCCCCCCCCCCCCCCCCCCCCCCCCCCCCC(O)C(COC1OC(CO)C(OC2OC(CO)C(O)C(O)C2O)C(O)C1O)NC(=O)CCCCCCCCCCCCCCCCCCCC. The minimum atomic E-state index is -1.78. The van der Waals surface area contributed by atoms with Gasteiger partial charge in [0.05, 0.1) is 32.0 Å². The molecule has 14 heteroatoms. The van der Waals surface area contributed by atoms with Gasteiger partial charge in [0.2, 0.25) is 5.91 Å². The zero-order valence-corrected chi connectivity index (χ0v) is 50.9. The standard InChI is InChI=1S/C65H127NO13/c1-3-5-7-9-11-13-15-17-19-21-23-24-25-26-27-28-29-30-31-32-34-36-38-40-42-44-46-48-54(69)53(66-57(70)49-47-45-43-41-39-37-35-33-22-20-18-16-14-12-10-8-6-4-2)52-76-64-62(75)60(73)63(56(51-68)78-64)79-65-61(74)59(72)58(71)55(50-67)77-65/h53-56,58-65,67-69,71-75H,3-52H2,1-2H3,(H,66,70). The molecule has 1 amide bonds. The first-order chi connectivity index (χ1) is 38.6. The lowest BCUT2D eigenvalue weighted by Crippen LogP contribution is -2.65. The predicted molar refractivity (Wildman–Crippen MR) is 319 cm³/mol. The molecule has 0 bridgehead atoms. The number of aliphatic hydroxyl groups is 8. The minimum Gasteiger partial charge on any atom is -0.394 e. The molecule has 2 aliphatic heterocycles. The number of amides is 1. The minimum absolute atomic E-state index is 0.198. The van der Waals surface area contributed by atoms with Crippen molar-refractivity contribution in [1.29, 1.82) is 0 Å².